The van der Waals surface area contributed by atoms with Crippen LogP contribution < -0.4 is 0 Å². The van der Waals surface area contributed by atoms with Crippen LogP contribution in [0, 0.1) is 17.3 Å². The van der Waals surface area contributed by atoms with Crippen molar-refractivity contribution in [2.75, 3.05) is 0 Å². The van der Waals surface area contributed by atoms with Gasteiger partial charge in [0.15, 0.2) is 0 Å². The molecule has 1 aliphatic carbocycles. The minimum absolute atomic E-state index is 0.459. The SMILES string of the molecule is CC(C)C1=CC(C(C)(C)C)CCC1. The summed E-state index contributed by atoms with van der Waals surface area (Å²) in [6, 6.07) is 0. The molecule has 0 amide bonds. The van der Waals surface area contributed by atoms with E-state index in [4.69, 9.17) is 0 Å². The summed E-state index contributed by atoms with van der Waals surface area (Å²) in [5.41, 5.74) is 2.15. The molecule has 0 aromatic carbocycles. The summed E-state index contributed by atoms with van der Waals surface area (Å²) in [4.78, 5) is 0. The van der Waals surface area contributed by atoms with Crippen molar-refractivity contribution in [2.45, 2.75) is 53.9 Å². The van der Waals surface area contributed by atoms with Crippen LogP contribution in [0.4, 0.5) is 0 Å². The molecule has 0 heterocycles. The summed E-state index contributed by atoms with van der Waals surface area (Å²) in [7, 11) is 0. The van der Waals surface area contributed by atoms with E-state index in [-0.39, 0.29) is 0 Å². The van der Waals surface area contributed by atoms with Crippen molar-refractivity contribution in [1.29, 1.82) is 0 Å². The van der Waals surface area contributed by atoms with Gasteiger partial charge in [-0.15, -0.1) is 0 Å². The van der Waals surface area contributed by atoms with Crippen LogP contribution in [0.15, 0.2) is 11.6 Å². The first kappa shape index (κ1) is 10.8. The van der Waals surface area contributed by atoms with Crippen molar-refractivity contribution in [3.8, 4) is 0 Å². The fourth-order valence-corrected chi connectivity index (χ4v) is 2.12. The van der Waals surface area contributed by atoms with E-state index in [1.807, 2.05) is 0 Å². The molecule has 0 radical (unpaired) electrons. The molecule has 1 atom stereocenters. The second-order valence-corrected chi connectivity index (χ2v) is 5.76. The molecule has 0 aliphatic heterocycles. The van der Waals surface area contributed by atoms with Crippen LogP contribution in [0.3, 0.4) is 0 Å². The van der Waals surface area contributed by atoms with E-state index in [1.54, 1.807) is 5.57 Å². The van der Waals surface area contributed by atoms with E-state index in [0.29, 0.717) is 5.41 Å². The third-order valence-electron chi connectivity index (χ3n) is 3.25. The van der Waals surface area contributed by atoms with Crippen LogP contribution >= 0.6 is 0 Å². The number of hydrogen-bond acceptors (Lipinski definition) is 0. The van der Waals surface area contributed by atoms with Crippen LogP contribution in [0.25, 0.3) is 0 Å². The maximum atomic E-state index is 2.55. The molecule has 0 saturated heterocycles. The van der Waals surface area contributed by atoms with Crippen molar-refractivity contribution in [3.05, 3.63) is 11.6 Å². The maximum Gasteiger partial charge on any atom is -0.0182 e. The van der Waals surface area contributed by atoms with Gasteiger partial charge in [0.1, 0.15) is 0 Å². The Morgan fingerprint density at radius 2 is 1.92 bits per heavy atom. The van der Waals surface area contributed by atoms with Crippen LogP contribution in [-0.4, -0.2) is 0 Å². The van der Waals surface area contributed by atoms with Crippen molar-refractivity contribution < 1.29 is 0 Å². The quantitative estimate of drug-likeness (QED) is 0.524. The minimum Gasteiger partial charge on any atom is -0.0814 e. The highest BCUT2D eigenvalue weighted by atomic mass is 14.3. The average molecular weight is 180 g/mol. The molecule has 13 heavy (non-hydrogen) atoms. The van der Waals surface area contributed by atoms with Gasteiger partial charge < -0.3 is 0 Å². The van der Waals surface area contributed by atoms with Gasteiger partial charge >= 0.3 is 0 Å². The Kier molecular flexibility index (Phi) is 3.21. The zero-order valence-corrected chi connectivity index (χ0v) is 9.85. The highest BCUT2D eigenvalue weighted by Crippen LogP contribution is 2.37. The van der Waals surface area contributed by atoms with Gasteiger partial charge in [-0.25, -0.2) is 0 Å². The second-order valence-electron chi connectivity index (χ2n) is 5.76. The lowest BCUT2D eigenvalue weighted by molar-refractivity contribution is 0.261. The van der Waals surface area contributed by atoms with Gasteiger partial charge in [-0.2, -0.15) is 0 Å². The van der Waals surface area contributed by atoms with E-state index in [9.17, 15) is 0 Å². The van der Waals surface area contributed by atoms with E-state index >= 15 is 0 Å². The number of hydrogen-bond donors (Lipinski definition) is 0. The molecular formula is C13H24. The second kappa shape index (κ2) is 3.86. The molecule has 0 saturated carbocycles. The van der Waals surface area contributed by atoms with Gasteiger partial charge in [-0.3, -0.25) is 0 Å². The van der Waals surface area contributed by atoms with Crippen LogP contribution in [0.2, 0.25) is 0 Å². The molecule has 0 nitrogen and oxygen atoms in total. The van der Waals surface area contributed by atoms with Crippen LogP contribution in [0.1, 0.15) is 53.9 Å². The lowest BCUT2D eigenvalue weighted by Crippen LogP contribution is -2.22. The van der Waals surface area contributed by atoms with E-state index < -0.39 is 0 Å². The standard InChI is InChI=1S/C13H24/c1-10(2)11-7-6-8-12(9-11)13(3,4)5/h9-10,12H,6-8H2,1-5H3. The Morgan fingerprint density at radius 3 is 2.38 bits per heavy atom. The third kappa shape index (κ3) is 2.86. The summed E-state index contributed by atoms with van der Waals surface area (Å²) >= 11 is 0. The van der Waals surface area contributed by atoms with Crippen molar-refractivity contribution in [3.63, 3.8) is 0 Å². The molecule has 0 bridgehead atoms. The zero-order valence-electron chi connectivity index (χ0n) is 9.85. The highest BCUT2D eigenvalue weighted by molar-refractivity contribution is 5.11. The molecule has 1 rings (SSSR count). The molecule has 0 aromatic heterocycles. The summed E-state index contributed by atoms with van der Waals surface area (Å²) in [5.74, 6) is 1.56. The van der Waals surface area contributed by atoms with Crippen molar-refractivity contribution in [1.82, 2.24) is 0 Å². The Hall–Kier alpha value is -0.260. The molecule has 76 valence electrons. The predicted molar refractivity (Wildman–Crippen MR) is 59.7 cm³/mol. The largest absolute Gasteiger partial charge is 0.0814 e. The maximum absolute atomic E-state index is 2.55. The first-order valence-electron chi connectivity index (χ1n) is 5.62. The van der Waals surface area contributed by atoms with Gasteiger partial charge in [0, 0.05) is 0 Å². The first-order valence-corrected chi connectivity index (χ1v) is 5.62. The third-order valence-corrected chi connectivity index (χ3v) is 3.25. The van der Waals surface area contributed by atoms with Crippen molar-refractivity contribution >= 4 is 0 Å². The van der Waals surface area contributed by atoms with E-state index in [2.05, 4.69) is 40.7 Å². The molecule has 0 aromatic rings. The fraction of sp³-hybridized carbons (Fsp3) is 0.846. The fourth-order valence-electron chi connectivity index (χ4n) is 2.12. The normalized spacial score (nSPS) is 24.8. The molecule has 1 unspecified atom stereocenters. The summed E-state index contributed by atoms with van der Waals surface area (Å²) in [5, 5.41) is 0. The summed E-state index contributed by atoms with van der Waals surface area (Å²) < 4.78 is 0. The smallest absolute Gasteiger partial charge is 0.0182 e. The first-order chi connectivity index (χ1) is 5.91. The summed E-state index contributed by atoms with van der Waals surface area (Å²) in [6.07, 6.45) is 6.67. The lowest BCUT2D eigenvalue weighted by Gasteiger charge is -2.33. The van der Waals surface area contributed by atoms with Gasteiger partial charge in [0.25, 0.3) is 0 Å². The van der Waals surface area contributed by atoms with Gasteiger partial charge in [-0.05, 0) is 36.5 Å². The molecule has 0 N–H and O–H groups in total. The number of rotatable bonds is 1. The Balaban J connectivity index is 2.74. The average Bonchev–Trinajstić information content (AvgIpc) is 2.03. The molecule has 0 fully saturated rings. The van der Waals surface area contributed by atoms with Gasteiger partial charge in [0.2, 0.25) is 0 Å². The Bertz CT molecular complexity index is 191. The zero-order chi connectivity index (χ0) is 10.1. The predicted octanol–water partition coefficient (Wildman–Crippen LogP) is 4.42. The molecular weight excluding hydrogens is 156 g/mol. The van der Waals surface area contributed by atoms with E-state index in [0.717, 1.165) is 11.8 Å². The molecule has 1 aliphatic rings. The minimum atomic E-state index is 0.459. The Morgan fingerprint density at radius 1 is 1.31 bits per heavy atom. The lowest BCUT2D eigenvalue weighted by atomic mass is 9.73. The van der Waals surface area contributed by atoms with Crippen LogP contribution in [-0.2, 0) is 0 Å². The molecule has 0 heteroatoms. The van der Waals surface area contributed by atoms with E-state index in [1.165, 1.54) is 19.3 Å². The Labute approximate surface area is 83.4 Å². The molecule has 0 spiro atoms. The summed E-state index contributed by atoms with van der Waals surface area (Å²) in [6.45, 7) is 11.7. The van der Waals surface area contributed by atoms with Crippen LogP contribution in [0.5, 0.6) is 0 Å². The van der Waals surface area contributed by atoms with Crippen molar-refractivity contribution in [2.24, 2.45) is 17.3 Å². The monoisotopic (exact) mass is 180 g/mol. The van der Waals surface area contributed by atoms with Gasteiger partial charge in [-0.1, -0.05) is 46.3 Å². The highest BCUT2D eigenvalue weighted by Gasteiger charge is 2.25. The topological polar surface area (TPSA) is 0 Å². The van der Waals surface area contributed by atoms with Gasteiger partial charge in [0.05, 0.1) is 0 Å². The number of allylic oxidation sites excluding steroid dienone is 2.